The summed E-state index contributed by atoms with van der Waals surface area (Å²) in [5.74, 6) is -0.995. The first-order chi connectivity index (χ1) is 7.35. The highest BCUT2D eigenvalue weighted by Gasteiger charge is 2.13. The van der Waals surface area contributed by atoms with Crippen LogP contribution in [0.1, 0.15) is 23.0 Å². The molecule has 1 heterocycles. The van der Waals surface area contributed by atoms with Gasteiger partial charge in [0, 0.05) is 11.9 Å². The molecule has 1 aromatic rings. The van der Waals surface area contributed by atoms with Gasteiger partial charge in [-0.1, -0.05) is 6.92 Å². The predicted molar refractivity (Wildman–Crippen MR) is 58.3 cm³/mol. The monoisotopic (exact) mass is 246 g/mol. The van der Waals surface area contributed by atoms with Crippen molar-refractivity contribution < 1.29 is 18.3 Å². The van der Waals surface area contributed by atoms with E-state index in [2.05, 4.69) is 5.10 Å². The van der Waals surface area contributed by atoms with Crippen molar-refractivity contribution in [1.82, 2.24) is 9.78 Å². The van der Waals surface area contributed by atoms with Crippen LogP contribution in [0, 0.1) is 6.92 Å². The van der Waals surface area contributed by atoms with Crippen molar-refractivity contribution >= 4 is 15.8 Å². The molecule has 6 nitrogen and oxygen atoms in total. The molecule has 0 aliphatic carbocycles. The molecule has 0 unspecified atom stereocenters. The Balaban J connectivity index is 2.77. The van der Waals surface area contributed by atoms with Crippen LogP contribution in [0.3, 0.4) is 0 Å². The Kier molecular flexibility index (Phi) is 3.69. The molecule has 0 radical (unpaired) electrons. The summed E-state index contributed by atoms with van der Waals surface area (Å²) in [5.41, 5.74) is 0.496. The van der Waals surface area contributed by atoms with E-state index in [1.165, 1.54) is 10.9 Å². The van der Waals surface area contributed by atoms with Crippen molar-refractivity contribution in [2.75, 3.05) is 11.5 Å². The molecule has 0 fully saturated rings. The summed E-state index contributed by atoms with van der Waals surface area (Å²) in [4.78, 5) is 10.7. The molecule has 0 aliphatic heterocycles. The first kappa shape index (κ1) is 12.7. The van der Waals surface area contributed by atoms with Crippen LogP contribution in [0.15, 0.2) is 6.20 Å². The third kappa shape index (κ3) is 3.06. The zero-order valence-corrected chi connectivity index (χ0v) is 9.99. The smallest absolute Gasteiger partial charge is 0.339 e. The van der Waals surface area contributed by atoms with Gasteiger partial charge in [0.2, 0.25) is 0 Å². The minimum atomic E-state index is -3.05. The van der Waals surface area contributed by atoms with Crippen LogP contribution in [0.4, 0.5) is 0 Å². The van der Waals surface area contributed by atoms with E-state index in [9.17, 15) is 13.2 Å². The van der Waals surface area contributed by atoms with Crippen LogP contribution in [0.5, 0.6) is 0 Å². The molecule has 0 spiro atoms. The van der Waals surface area contributed by atoms with E-state index in [1.807, 2.05) is 0 Å². The number of sulfone groups is 1. The van der Waals surface area contributed by atoms with Gasteiger partial charge in [-0.15, -0.1) is 0 Å². The van der Waals surface area contributed by atoms with Crippen LogP contribution in [0.2, 0.25) is 0 Å². The SMILES string of the molecule is CCS(=O)(=O)CCn1cc(C(=O)O)c(C)n1. The summed E-state index contributed by atoms with van der Waals surface area (Å²) in [7, 11) is -3.05. The van der Waals surface area contributed by atoms with Crippen LogP contribution in [-0.2, 0) is 16.4 Å². The van der Waals surface area contributed by atoms with Crippen molar-refractivity contribution in [3.63, 3.8) is 0 Å². The number of aromatic carboxylic acids is 1. The molecular weight excluding hydrogens is 232 g/mol. The Bertz CT molecular complexity index is 490. The maximum Gasteiger partial charge on any atom is 0.339 e. The summed E-state index contributed by atoms with van der Waals surface area (Å²) < 4.78 is 23.8. The van der Waals surface area contributed by atoms with E-state index >= 15 is 0 Å². The number of aromatic nitrogens is 2. The number of carboxylic acids is 1. The van der Waals surface area contributed by atoms with E-state index in [4.69, 9.17) is 5.11 Å². The van der Waals surface area contributed by atoms with Gasteiger partial charge in [-0.2, -0.15) is 5.10 Å². The van der Waals surface area contributed by atoms with Gasteiger partial charge in [-0.25, -0.2) is 13.2 Å². The lowest BCUT2D eigenvalue weighted by molar-refractivity contribution is 0.0696. The van der Waals surface area contributed by atoms with Gasteiger partial charge in [-0.05, 0) is 6.92 Å². The Morgan fingerprint density at radius 2 is 2.19 bits per heavy atom. The molecule has 16 heavy (non-hydrogen) atoms. The maximum absolute atomic E-state index is 11.2. The summed E-state index contributed by atoms with van der Waals surface area (Å²) >= 11 is 0. The fourth-order valence-electron chi connectivity index (χ4n) is 1.22. The minimum Gasteiger partial charge on any atom is -0.478 e. The third-order valence-corrected chi connectivity index (χ3v) is 3.93. The number of nitrogens with zero attached hydrogens (tertiary/aromatic N) is 2. The molecule has 0 aromatic carbocycles. The molecular formula is C9H14N2O4S. The summed E-state index contributed by atoms with van der Waals surface area (Å²) in [6, 6.07) is 0. The number of hydrogen-bond donors (Lipinski definition) is 1. The summed E-state index contributed by atoms with van der Waals surface area (Å²) in [5, 5.41) is 12.7. The Hall–Kier alpha value is -1.37. The van der Waals surface area contributed by atoms with Crippen molar-refractivity contribution in [2.45, 2.75) is 20.4 Å². The summed E-state index contributed by atoms with van der Waals surface area (Å²) in [6.45, 7) is 3.34. The van der Waals surface area contributed by atoms with E-state index < -0.39 is 15.8 Å². The Morgan fingerprint density at radius 1 is 1.56 bits per heavy atom. The lowest BCUT2D eigenvalue weighted by Crippen LogP contribution is -2.15. The average molecular weight is 246 g/mol. The fraction of sp³-hybridized carbons (Fsp3) is 0.556. The van der Waals surface area contributed by atoms with Gasteiger partial charge in [0.05, 0.1) is 18.0 Å². The topological polar surface area (TPSA) is 89.3 Å². The van der Waals surface area contributed by atoms with E-state index in [1.54, 1.807) is 13.8 Å². The van der Waals surface area contributed by atoms with Gasteiger partial charge in [0.1, 0.15) is 5.56 Å². The van der Waals surface area contributed by atoms with Gasteiger partial charge in [-0.3, -0.25) is 4.68 Å². The zero-order valence-electron chi connectivity index (χ0n) is 9.17. The standard InChI is InChI=1S/C9H14N2O4S/c1-3-16(14,15)5-4-11-6-8(9(12)13)7(2)10-11/h6H,3-5H2,1-2H3,(H,12,13). The first-order valence-electron chi connectivity index (χ1n) is 4.83. The molecule has 0 saturated heterocycles. The first-order valence-corrected chi connectivity index (χ1v) is 6.65. The predicted octanol–water partition coefficient (Wildman–Crippen LogP) is 0.324. The average Bonchev–Trinajstić information content (AvgIpc) is 2.57. The molecule has 0 amide bonds. The third-order valence-electron chi connectivity index (χ3n) is 2.25. The highest BCUT2D eigenvalue weighted by atomic mass is 32.2. The molecule has 1 aromatic heterocycles. The quantitative estimate of drug-likeness (QED) is 0.808. The zero-order chi connectivity index (χ0) is 12.3. The van der Waals surface area contributed by atoms with Crippen LogP contribution < -0.4 is 0 Å². The second-order valence-corrected chi connectivity index (χ2v) is 5.91. The molecule has 0 bridgehead atoms. The molecule has 90 valence electrons. The van der Waals surface area contributed by atoms with Gasteiger partial charge < -0.3 is 5.11 Å². The Labute approximate surface area is 93.8 Å². The molecule has 0 atom stereocenters. The highest BCUT2D eigenvalue weighted by molar-refractivity contribution is 7.91. The van der Waals surface area contributed by atoms with E-state index in [0.717, 1.165) is 0 Å². The maximum atomic E-state index is 11.2. The second-order valence-electron chi connectivity index (χ2n) is 3.43. The number of hydrogen-bond acceptors (Lipinski definition) is 4. The fourth-order valence-corrected chi connectivity index (χ4v) is 1.97. The van der Waals surface area contributed by atoms with Crippen LogP contribution in [-0.4, -0.2) is 40.8 Å². The lowest BCUT2D eigenvalue weighted by atomic mass is 10.3. The molecule has 0 saturated carbocycles. The van der Waals surface area contributed by atoms with E-state index in [0.29, 0.717) is 5.69 Å². The second kappa shape index (κ2) is 4.65. The van der Waals surface area contributed by atoms with Crippen molar-refractivity contribution in [2.24, 2.45) is 0 Å². The van der Waals surface area contributed by atoms with E-state index in [-0.39, 0.29) is 23.6 Å². The molecule has 1 rings (SSSR count). The van der Waals surface area contributed by atoms with Crippen LogP contribution >= 0.6 is 0 Å². The van der Waals surface area contributed by atoms with Gasteiger partial charge in [0.15, 0.2) is 9.84 Å². The highest BCUT2D eigenvalue weighted by Crippen LogP contribution is 2.05. The molecule has 1 N–H and O–H groups in total. The van der Waals surface area contributed by atoms with Gasteiger partial charge in [0.25, 0.3) is 0 Å². The minimum absolute atomic E-state index is 0.0241. The summed E-state index contributed by atoms with van der Waals surface area (Å²) in [6.07, 6.45) is 1.35. The number of carbonyl (C=O) groups is 1. The van der Waals surface area contributed by atoms with Crippen molar-refractivity contribution in [1.29, 1.82) is 0 Å². The van der Waals surface area contributed by atoms with Crippen molar-refractivity contribution in [3.8, 4) is 0 Å². The number of rotatable bonds is 5. The largest absolute Gasteiger partial charge is 0.478 e. The lowest BCUT2D eigenvalue weighted by Gasteiger charge is -2.01. The van der Waals surface area contributed by atoms with Crippen LogP contribution in [0.25, 0.3) is 0 Å². The Morgan fingerprint density at radius 3 is 2.62 bits per heavy atom. The molecule has 7 heteroatoms. The molecule has 0 aliphatic rings. The normalized spacial score (nSPS) is 11.6. The number of aryl methyl sites for hydroxylation is 2. The number of carboxylic acid groups (broad SMARTS) is 1. The van der Waals surface area contributed by atoms with Gasteiger partial charge >= 0.3 is 5.97 Å². The van der Waals surface area contributed by atoms with Crippen molar-refractivity contribution in [3.05, 3.63) is 17.5 Å².